The van der Waals surface area contributed by atoms with E-state index in [1.807, 2.05) is 29.0 Å². The van der Waals surface area contributed by atoms with E-state index in [-0.39, 0.29) is 17.9 Å². The number of nitrogens with one attached hydrogen (secondary N) is 1. The van der Waals surface area contributed by atoms with Crippen LogP contribution >= 0.6 is 11.3 Å². The Balaban J connectivity index is 1.88. The van der Waals surface area contributed by atoms with Crippen LogP contribution in [0.3, 0.4) is 0 Å². The Morgan fingerprint density at radius 2 is 2.17 bits per heavy atom. The van der Waals surface area contributed by atoms with E-state index in [4.69, 9.17) is 4.74 Å². The van der Waals surface area contributed by atoms with Crippen LogP contribution in [0, 0.1) is 0 Å². The molecule has 2 aromatic rings. The first kappa shape index (κ1) is 16.7. The molecule has 1 aliphatic heterocycles. The maximum atomic E-state index is 12.3. The number of benzene rings is 1. The number of ether oxygens (including phenoxy) is 1. The highest BCUT2D eigenvalue weighted by Gasteiger charge is 2.32. The summed E-state index contributed by atoms with van der Waals surface area (Å²) in [4.78, 5) is 25.8. The van der Waals surface area contributed by atoms with Crippen LogP contribution in [0.15, 0.2) is 35.0 Å². The average molecular weight is 344 g/mol. The van der Waals surface area contributed by atoms with Gasteiger partial charge in [-0.15, -0.1) is 0 Å². The molecular weight excluding hydrogens is 324 g/mol. The molecule has 0 saturated carbocycles. The highest BCUT2D eigenvalue weighted by molar-refractivity contribution is 7.08. The molecule has 1 atom stereocenters. The van der Waals surface area contributed by atoms with Crippen LogP contribution in [0.1, 0.15) is 29.7 Å². The van der Waals surface area contributed by atoms with Crippen LogP contribution in [0.5, 0.6) is 0 Å². The van der Waals surface area contributed by atoms with Gasteiger partial charge < -0.3 is 10.1 Å². The van der Waals surface area contributed by atoms with Gasteiger partial charge in [0.15, 0.2) is 0 Å². The van der Waals surface area contributed by atoms with Gasteiger partial charge in [0.05, 0.1) is 7.11 Å². The monoisotopic (exact) mass is 344 g/mol. The first-order valence-corrected chi connectivity index (χ1v) is 8.76. The number of carbonyl (C=O) groups is 2. The average Bonchev–Trinajstić information content (AvgIpc) is 3.08. The highest BCUT2D eigenvalue weighted by atomic mass is 32.1. The third kappa shape index (κ3) is 3.34. The number of carbonyl (C=O) groups excluding carboxylic acids is 2. The lowest BCUT2D eigenvalue weighted by molar-refractivity contribution is -0.147. The molecule has 1 N–H and O–H groups in total. The van der Waals surface area contributed by atoms with Gasteiger partial charge in [0.25, 0.3) is 0 Å². The number of hydrogen-bond acceptors (Lipinski definition) is 5. The molecule has 0 spiro atoms. The fourth-order valence-electron chi connectivity index (χ4n) is 3.20. The smallest absolute Gasteiger partial charge is 0.327 e. The Hall–Kier alpha value is -2.18. The van der Waals surface area contributed by atoms with Crippen molar-refractivity contribution in [3.63, 3.8) is 0 Å². The zero-order valence-electron chi connectivity index (χ0n) is 13.7. The molecular formula is C18H20N2O3S. The second kappa shape index (κ2) is 7.15. The number of nitrogens with zero attached hydrogens (tertiary/aromatic N) is 1. The molecule has 0 saturated heterocycles. The zero-order valence-corrected chi connectivity index (χ0v) is 14.6. The van der Waals surface area contributed by atoms with Gasteiger partial charge in [0, 0.05) is 25.7 Å². The third-order valence-electron chi connectivity index (χ3n) is 4.25. The number of thiophene rings is 1. The van der Waals surface area contributed by atoms with E-state index < -0.39 is 0 Å². The Kier molecular flexibility index (Phi) is 4.97. The molecule has 0 bridgehead atoms. The van der Waals surface area contributed by atoms with Crippen molar-refractivity contribution >= 4 is 28.9 Å². The van der Waals surface area contributed by atoms with Crippen molar-refractivity contribution in [1.29, 1.82) is 0 Å². The van der Waals surface area contributed by atoms with Gasteiger partial charge >= 0.3 is 5.97 Å². The predicted octanol–water partition coefficient (Wildman–Crippen LogP) is 2.98. The van der Waals surface area contributed by atoms with Crippen LogP contribution in [0.4, 0.5) is 5.69 Å². The lowest BCUT2D eigenvalue weighted by atomic mass is 9.95. The molecule has 1 aromatic heterocycles. The maximum absolute atomic E-state index is 12.3. The van der Waals surface area contributed by atoms with E-state index in [1.165, 1.54) is 14.0 Å². The van der Waals surface area contributed by atoms with Crippen LogP contribution < -0.4 is 5.32 Å². The van der Waals surface area contributed by atoms with Gasteiger partial charge in [-0.3, -0.25) is 9.69 Å². The molecule has 0 radical (unpaired) electrons. The number of methoxy groups -OCH3 is 1. The maximum Gasteiger partial charge on any atom is 0.327 e. The van der Waals surface area contributed by atoms with Gasteiger partial charge in [-0.25, -0.2) is 4.79 Å². The van der Waals surface area contributed by atoms with E-state index in [0.717, 1.165) is 35.3 Å². The van der Waals surface area contributed by atoms with E-state index in [0.29, 0.717) is 6.54 Å². The highest BCUT2D eigenvalue weighted by Crippen LogP contribution is 2.32. The number of fused-ring (bicyclic) bond motifs is 1. The Morgan fingerprint density at radius 1 is 1.33 bits per heavy atom. The van der Waals surface area contributed by atoms with Gasteiger partial charge in [-0.05, 0) is 46.0 Å². The SMILES string of the molecule is COC(=O)[C@@H](c1ccsc1)N1CCc2c(cccc2NC(C)=O)C1. The summed E-state index contributed by atoms with van der Waals surface area (Å²) in [6, 6.07) is 7.49. The minimum Gasteiger partial charge on any atom is -0.468 e. The molecule has 6 heteroatoms. The summed E-state index contributed by atoms with van der Waals surface area (Å²) < 4.78 is 5.02. The second-order valence-electron chi connectivity index (χ2n) is 5.83. The molecule has 0 aliphatic carbocycles. The summed E-state index contributed by atoms with van der Waals surface area (Å²) in [5.74, 6) is -0.314. The summed E-state index contributed by atoms with van der Waals surface area (Å²) in [5.41, 5.74) is 4.12. The van der Waals surface area contributed by atoms with Crippen molar-refractivity contribution in [2.75, 3.05) is 19.0 Å². The number of rotatable bonds is 4. The van der Waals surface area contributed by atoms with Crippen molar-refractivity contribution in [2.45, 2.75) is 25.9 Å². The molecule has 24 heavy (non-hydrogen) atoms. The number of amides is 1. The Labute approximate surface area is 145 Å². The largest absolute Gasteiger partial charge is 0.468 e. The van der Waals surface area contributed by atoms with Crippen molar-refractivity contribution in [3.05, 3.63) is 51.7 Å². The molecule has 5 nitrogen and oxygen atoms in total. The minimum atomic E-state index is -0.390. The van der Waals surface area contributed by atoms with Gasteiger partial charge in [-0.1, -0.05) is 12.1 Å². The van der Waals surface area contributed by atoms with Crippen molar-refractivity contribution in [1.82, 2.24) is 4.90 Å². The number of hydrogen-bond donors (Lipinski definition) is 1. The fourth-order valence-corrected chi connectivity index (χ4v) is 3.88. The topological polar surface area (TPSA) is 58.6 Å². The van der Waals surface area contributed by atoms with E-state index in [1.54, 1.807) is 11.3 Å². The van der Waals surface area contributed by atoms with Gasteiger partial charge in [-0.2, -0.15) is 11.3 Å². The second-order valence-corrected chi connectivity index (χ2v) is 6.61. The van der Waals surface area contributed by atoms with Crippen molar-refractivity contribution in [3.8, 4) is 0 Å². The van der Waals surface area contributed by atoms with Gasteiger partial charge in [0.2, 0.25) is 5.91 Å². The number of esters is 1. The first-order chi connectivity index (χ1) is 11.6. The van der Waals surface area contributed by atoms with E-state index >= 15 is 0 Å². The quantitative estimate of drug-likeness (QED) is 0.867. The molecule has 126 valence electrons. The first-order valence-electron chi connectivity index (χ1n) is 7.82. The van der Waals surface area contributed by atoms with Crippen LogP contribution in [0.25, 0.3) is 0 Å². The van der Waals surface area contributed by atoms with Crippen LogP contribution in [0.2, 0.25) is 0 Å². The predicted molar refractivity (Wildman–Crippen MR) is 93.9 cm³/mol. The summed E-state index contributed by atoms with van der Waals surface area (Å²) in [5, 5.41) is 6.85. The lowest BCUT2D eigenvalue weighted by Crippen LogP contribution is -2.38. The zero-order chi connectivity index (χ0) is 17.1. The van der Waals surface area contributed by atoms with Crippen molar-refractivity contribution < 1.29 is 14.3 Å². The molecule has 1 aromatic carbocycles. The van der Waals surface area contributed by atoms with Crippen LogP contribution in [-0.2, 0) is 27.3 Å². The molecule has 0 fully saturated rings. The summed E-state index contributed by atoms with van der Waals surface area (Å²) in [6.45, 7) is 2.90. The summed E-state index contributed by atoms with van der Waals surface area (Å²) in [7, 11) is 1.43. The van der Waals surface area contributed by atoms with E-state index in [2.05, 4.69) is 16.3 Å². The third-order valence-corrected chi connectivity index (χ3v) is 4.96. The minimum absolute atomic E-state index is 0.0726. The Morgan fingerprint density at radius 3 is 2.83 bits per heavy atom. The molecule has 1 aliphatic rings. The normalized spacial score (nSPS) is 15.4. The number of anilines is 1. The fraction of sp³-hybridized carbons (Fsp3) is 0.333. The molecule has 3 rings (SSSR count). The Bertz CT molecular complexity index is 743. The molecule has 1 amide bonds. The summed E-state index contributed by atoms with van der Waals surface area (Å²) in [6.07, 6.45) is 0.781. The standard InChI is InChI=1S/C18H20N2O3S/c1-12(21)19-16-5-3-4-13-10-20(8-6-15(13)16)17(18(22)23-2)14-7-9-24-11-14/h3-5,7,9,11,17H,6,8,10H2,1-2H3,(H,19,21)/t17-/m1/s1. The molecule has 0 unspecified atom stereocenters. The summed E-state index contributed by atoms with van der Waals surface area (Å²) >= 11 is 1.57. The van der Waals surface area contributed by atoms with E-state index in [9.17, 15) is 9.59 Å². The van der Waals surface area contributed by atoms with Crippen molar-refractivity contribution in [2.24, 2.45) is 0 Å². The lowest BCUT2D eigenvalue weighted by Gasteiger charge is -2.34. The van der Waals surface area contributed by atoms with Crippen LogP contribution in [-0.4, -0.2) is 30.4 Å². The molecule has 2 heterocycles. The van der Waals surface area contributed by atoms with Gasteiger partial charge in [0.1, 0.15) is 6.04 Å².